The fourth-order valence-electron chi connectivity index (χ4n) is 4.70. The number of carboxylic acids is 3. The van der Waals surface area contributed by atoms with Crippen LogP contribution in [0.3, 0.4) is 0 Å². The van der Waals surface area contributed by atoms with E-state index in [2.05, 4.69) is 30.5 Å². The summed E-state index contributed by atoms with van der Waals surface area (Å²) in [5.41, 5.74) is -1.29. The van der Waals surface area contributed by atoms with Crippen LogP contribution < -0.4 is 15.5 Å². The van der Waals surface area contributed by atoms with Crippen molar-refractivity contribution in [1.29, 1.82) is 0 Å². The highest BCUT2D eigenvalue weighted by Gasteiger charge is 2.41. The topological polar surface area (TPSA) is 254 Å². The van der Waals surface area contributed by atoms with Crippen molar-refractivity contribution in [2.45, 2.75) is 46.1 Å². The molecule has 51 heavy (non-hydrogen) atoms. The summed E-state index contributed by atoms with van der Waals surface area (Å²) >= 11 is 7.45. The van der Waals surface area contributed by atoms with Gasteiger partial charge in [-0.15, -0.1) is 0 Å². The number of nitrogens with one attached hydrogen (secondary N) is 2. The van der Waals surface area contributed by atoms with Crippen LogP contribution in [-0.2, 0) is 28.0 Å². The Morgan fingerprint density at radius 2 is 1.61 bits per heavy atom. The Balaban J connectivity index is 0.000000460. The van der Waals surface area contributed by atoms with Crippen LogP contribution in [0.4, 0.5) is 22.5 Å². The fraction of sp³-hybridized carbons (Fsp3) is 0.433. The zero-order valence-electron chi connectivity index (χ0n) is 28.2. The first kappa shape index (κ1) is 41.2. The van der Waals surface area contributed by atoms with E-state index < -0.39 is 44.1 Å². The second-order valence-corrected chi connectivity index (χ2v) is 14.4. The van der Waals surface area contributed by atoms with Gasteiger partial charge >= 0.3 is 25.7 Å². The number of nitrogens with zero attached hydrogens (tertiary/aromatic N) is 5. The summed E-state index contributed by atoms with van der Waals surface area (Å²) < 4.78 is 25.8. The second-order valence-electron chi connectivity index (χ2n) is 10.9. The molecule has 1 aliphatic rings. The summed E-state index contributed by atoms with van der Waals surface area (Å²) in [6.45, 7) is 10.2. The third kappa shape index (κ3) is 11.6. The van der Waals surface area contributed by atoms with Gasteiger partial charge in [-0.1, -0.05) is 35.1 Å². The molecule has 4 rings (SSSR count). The van der Waals surface area contributed by atoms with E-state index in [9.17, 15) is 23.7 Å². The van der Waals surface area contributed by atoms with Crippen molar-refractivity contribution >= 4 is 77.0 Å². The van der Waals surface area contributed by atoms with Gasteiger partial charge in [0.15, 0.2) is 10.7 Å². The molecule has 1 amide bonds. The van der Waals surface area contributed by atoms with Gasteiger partial charge in [0.2, 0.25) is 0 Å². The third-order valence-electron chi connectivity index (χ3n) is 7.05. The van der Waals surface area contributed by atoms with Crippen molar-refractivity contribution in [1.82, 2.24) is 19.6 Å². The summed E-state index contributed by atoms with van der Waals surface area (Å²) in [7, 11) is -3.30. The summed E-state index contributed by atoms with van der Waals surface area (Å²) in [6.07, 6.45) is -0.777. The number of aryl methyl sites for hydroxylation is 2. The molecule has 21 heteroatoms. The molecule has 0 bridgehead atoms. The first-order valence-electron chi connectivity index (χ1n) is 15.4. The Kier molecular flexibility index (Phi) is 14.8. The number of rotatable bonds is 15. The number of thiazole rings is 1. The summed E-state index contributed by atoms with van der Waals surface area (Å²) in [4.78, 5) is 59.2. The number of piperazine rings is 1. The van der Waals surface area contributed by atoms with E-state index in [0.29, 0.717) is 71.8 Å². The van der Waals surface area contributed by atoms with Crippen LogP contribution in [-0.4, -0.2) is 109 Å². The fourth-order valence-corrected chi connectivity index (χ4v) is 7.41. The van der Waals surface area contributed by atoms with E-state index in [1.807, 2.05) is 32.0 Å². The SMILES string of the molecule is CCOP(=O)(OCC)N1CCN(c2cc(Nc3ncc(C(=O)Nc4c(C)cccc4Cl)s3)nc(C)n2)CC1.O=C(O)CC(O)(CC(=O)O)C(=O)O. The number of carbonyl (C=O) groups is 4. The lowest BCUT2D eigenvalue weighted by Gasteiger charge is -2.37. The van der Waals surface area contributed by atoms with Gasteiger partial charge in [-0.3, -0.25) is 23.4 Å². The Morgan fingerprint density at radius 3 is 2.14 bits per heavy atom. The molecule has 6 N–H and O–H groups in total. The lowest BCUT2D eigenvalue weighted by molar-refractivity contribution is -0.170. The maximum atomic E-state index is 13.1. The Bertz CT molecular complexity index is 1730. The minimum Gasteiger partial charge on any atom is -0.481 e. The van der Waals surface area contributed by atoms with Crippen LogP contribution in [0.15, 0.2) is 30.5 Å². The smallest absolute Gasteiger partial charge is 0.408 e. The Labute approximate surface area is 302 Å². The number of benzene rings is 1. The predicted octanol–water partition coefficient (Wildman–Crippen LogP) is 4.25. The van der Waals surface area contributed by atoms with Crippen molar-refractivity contribution in [3.8, 4) is 0 Å². The van der Waals surface area contributed by atoms with Gasteiger partial charge in [0.1, 0.15) is 22.3 Å². The maximum Gasteiger partial charge on any atom is 0.408 e. The number of para-hydroxylation sites is 1. The standard InChI is InChI=1S/C24H31ClN7O4PS.C6H8O7/c1-5-35-37(34,36-6-2)32-12-10-31(11-13-32)21-14-20(27-17(4)28-21)29-24-26-15-19(38-24)23(33)30-22-16(3)8-7-9-18(22)25;7-3(8)1-6(13,5(11)12)2-4(9)10/h7-9,14-15H,5-6,10-13H2,1-4H3,(H,30,33)(H,26,27,28,29);13H,1-2H2,(H,7,8)(H,9,10)(H,11,12). The van der Waals surface area contributed by atoms with Crippen LogP contribution in [0.5, 0.6) is 0 Å². The second kappa shape index (κ2) is 18.3. The van der Waals surface area contributed by atoms with Crippen molar-refractivity contribution in [2.75, 3.05) is 54.9 Å². The summed E-state index contributed by atoms with van der Waals surface area (Å²) in [6, 6.07) is 7.28. The molecule has 0 spiro atoms. The van der Waals surface area contributed by atoms with Crippen LogP contribution >= 0.6 is 30.7 Å². The number of halogens is 1. The average molecular weight is 772 g/mol. The van der Waals surface area contributed by atoms with Gasteiger partial charge in [0.25, 0.3) is 5.91 Å². The number of anilines is 4. The van der Waals surface area contributed by atoms with Crippen molar-refractivity contribution < 1.29 is 53.2 Å². The monoisotopic (exact) mass is 771 g/mol. The number of carboxylic acid groups (broad SMARTS) is 3. The van der Waals surface area contributed by atoms with Gasteiger partial charge in [-0.25, -0.2) is 29.0 Å². The Hall–Kier alpha value is -4.23. The van der Waals surface area contributed by atoms with Gasteiger partial charge in [0.05, 0.1) is 43.0 Å². The first-order chi connectivity index (χ1) is 24.0. The molecule has 18 nitrogen and oxygen atoms in total. The molecule has 1 fully saturated rings. The number of aliphatic carboxylic acids is 3. The molecule has 278 valence electrons. The van der Waals surface area contributed by atoms with E-state index in [4.69, 9.17) is 41.1 Å². The van der Waals surface area contributed by atoms with Crippen LogP contribution in [0.25, 0.3) is 0 Å². The van der Waals surface area contributed by atoms with E-state index >= 15 is 0 Å². The number of aromatic nitrogens is 3. The molecule has 0 aliphatic carbocycles. The minimum atomic E-state index is -3.30. The van der Waals surface area contributed by atoms with E-state index in [0.717, 1.165) is 11.4 Å². The van der Waals surface area contributed by atoms with Gasteiger partial charge in [-0.2, -0.15) is 0 Å². The number of aliphatic hydroxyl groups is 1. The maximum absolute atomic E-state index is 13.1. The van der Waals surface area contributed by atoms with Crippen molar-refractivity contribution in [2.24, 2.45) is 0 Å². The third-order valence-corrected chi connectivity index (χ3v) is 10.5. The lowest BCUT2D eigenvalue weighted by Crippen LogP contribution is -2.45. The van der Waals surface area contributed by atoms with E-state index in [-0.39, 0.29) is 5.91 Å². The molecule has 3 heterocycles. The number of amides is 1. The summed E-state index contributed by atoms with van der Waals surface area (Å²) in [5.74, 6) is -3.42. The largest absolute Gasteiger partial charge is 0.481 e. The van der Waals surface area contributed by atoms with Crippen LogP contribution in [0.2, 0.25) is 5.02 Å². The van der Waals surface area contributed by atoms with Gasteiger partial charge in [0, 0.05) is 32.2 Å². The van der Waals surface area contributed by atoms with E-state index in [1.165, 1.54) is 17.5 Å². The number of carbonyl (C=O) groups excluding carboxylic acids is 1. The molecule has 1 aromatic carbocycles. The zero-order chi connectivity index (χ0) is 37.9. The molecule has 2 aromatic heterocycles. The van der Waals surface area contributed by atoms with Crippen LogP contribution in [0, 0.1) is 13.8 Å². The molecular formula is C30H39ClN7O11PS. The Morgan fingerprint density at radius 1 is 1.00 bits per heavy atom. The average Bonchev–Trinajstić information content (AvgIpc) is 3.51. The molecule has 0 saturated carbocycles. The lowest BCUT2D eigenvalue weighted by atomic mass is 9.96. The molecule has 3 aromatic rings. The first-order valence-corrected chi connectivity index (χ1v) is 18.1. The normalized spacial score (nSPS) is 13.6. The molecule has 1 aliphatic heterocycles. The quantitative estimate of drug-likeness (QED) is 0.118. The number of hydrogen-bond acceptors (Lipinski definition) is 14. The highest BCUT2D eigenvalue weighted by Crippen LogP contribution is 2.52. The van der Waals surface area contributed by atoms with Gasteiger partial charge < -0.3 is 36.0 Å². The minimum absolute atomic E-state index is 0.291. The van der Waals surface area contributed by atoms with Crippen molar-refractivity contribution in [3.05, 3.63) is 51.7 Å². The number of hydrogen-bond donors (Lipinski definition) is 6. The van der Waals surface area contributed by atoms with Crippen LogP contribution in [0.1, 0.15) is 47.7 Å². The molecule has 0 unspecified atom stereocenters. The predicted molar refractivity (Wildman–Crippen MR) is 188 cm³/mol. The van der Waals surface area contributed by atoms with Gasteiger partial charge in [-0.05, 0) is 39.3 Å². The molecule has 1 saturated heterocycles. The van der Waals surface area contributed by atoms with Crippen molar-refractivity contribution in [3.63, 3.8) is 0 Å². The molecular weight excluding hydrogens is 733 g/mol. The zero-order valence-corrected chi connectivity index (χ0v) is 30.6. The summed E-state index contributed by atoms with van der Waals surface area (Å²) in [5, 5.41) is 40.9. The molecule has 0 radical (unpaired) electrons. The molecule has 0 atom stereocenters. The van der Waals surface area contributed by atoms with E-state index in [1.54, 1.807) is 24.6 Å². The highest BCUT2D eigenvalue weighted by molar-refractivity contribution is 7.51. The highest BCUT2D eigenvalue weighted by atomic mass is 35.5.